The number of hydrogen-bond acceptors (Lipinski definition) is 4. The molecule has 0 bridgehead atoms. The molecule has 0 aliphatic rings. The number of aromatic nitrogens is 2. The highest BCUT2D eigenvalue weighted by molar-refractivity contribution is 7.99. The molecule has 1 heterocycles. The Kier molecular flexibility index (Phi) is 5.46. The van der Waals surface area contributed by atoms with Gasteiger partial charge in [-0.15, -0.1) is 0 Å². The molecule has 0 spiro atoms. The van der Waals surface area contributed by atoms with Crippen LogP contribution in [0.2, 0.25) is 0 Å². The van der Waals surface area contributed by atoms with Crippen LogP contribution in [0.25, 0.3) is 0 Å². The molecule has 0 saturated carbocycles. The number of benzene rings is 2. The van der Waals surface area contributed by atoms with Gasteiger partial charge in [-0.25, -0.2) is 9.97 Å². The highest BCUT2D eigenvalue weighted by Crippen LogP contribution is 2.41. The SMILES string of the molecule is Cc1cc(OCc2ccccc2)c(C(F)(F)F)cc1Sc1ncccn1. The van der Waals surface area contributed by atoms with E-state index in [1.807, 2.05) is 18.2 Å². The van der Waals surface area contributed by atoms with Crippen LogP contribution in [0.1, 0.15) is 16.7 Å². The van der Waals surface area contributed by atoms with Crippen molar-refractivity contribution in [2.24, 2.45) is 0 Å². The zero-order valence-corrected chi connectivity index (χ0v) is 14.6. The molecule has 26 heavy (non-hydrogen) atoms. The highest BCUT2D eigenvalue weighted by atomic mass is 32.2. The van der Waals surface area contributed by atoms with Gasteiger partial charge in [0, 0.05) is 17.3 Å². The van der Waals surface area contributed by atoms with Gasteiger partial charge in [-0.3, -0.25) is 0 Å². The van der Waals surface area contributed by atoms with Gasteiger partial charge in [0.15, 0.2) is 5.16 Å². The molecular weight excluding hydrogens is 361 g/mol. The van der Waals surface area contributed by atoms with E-state index in [1.54, 1.807) is 37.5 Å². The fourth-order valence-electron chi connectivity index (χ4n) is 2.28. The standard InChI is InChI=1S/C19H15F3N2OS/c1-13-10-16(25-12-14-6-3-2-4-7-14)15(19(20,21)22)11-17(13)26-18-23-8-5-9-24-18/h2-11H,12H2,1H3. The number of halogens is 3. The van der Waals surface area contributed by atoms with Crippen molar-refractivity contribution in [2.75, 3.05) is 0 Å². The van der Waals surface area contributed by atoms with Crippen LogP contribution < -0.4 is 4.74 Å². The molecular formula is C19H15F3N2OS. The van der Waals surface area contributed by atoms with Gasteiger partial charge < -0.3 is 4.74 Å². The van der Waals surface area contributed by atoms with Crippen LogP contribution in [-0.2, 0) is 12.8 Å². The Morgan fingerprint density at radius 3 is 2.35 bits per heavy atom. The normalized spacial score (nSPS) is 11.4. The quantitative estimate of drug-likeness (QED) is 0.548. The van der Waals surface area contributed by atoms with Crippen molar-refractivity contribution in [3.8, 4) is 5.75 Å². The monoisotopic (exact) mass is 376 g/mol. The van der Waals surface area contributed by atoms with E-state index in [4.69, 9.17) is 4.74 Å². The van der Waals surface area contributed by atoms with E-state index in [2.05, 4.69) is 9.97 Å². The van der Waals surface area contributed by atoms with E-state index >= 15 is 0 Å². The van der Waals surface area contributed by atoms with Gasteiger partial charge in [0.25, 0.3) is 0 Å². The van der Waals surface area contributed by atoms with E-state index in [-0.39, 0.29) is 12.4 Å². The number of alkyl halides is 3. The molecule has 0 radical (unpaired) electrons. The first-order chi connectivity index (χ1) is 12.4. The van der Waals surface area contributed by atoms with Gasteiger partial charge in [0.2, 0.25) is 0 Å². The molecule has 0 atom stereocenters. The molecule has 0 aliphatic heterocycles. The second kappa shape index (κ2) is 7.78. The van der Waals surface area contributed by atoms with E-state index < -0.39 is 11.7 Å². The zero-order valence-electron chi connectivity index (χ0n) is 13.8. The summed E-state index contributed by atoms with van der Waals surface area (Å²) in [4.78, 5) is 8.53. The largest absolute Gasteiger partial charge is 0.488 e. The fourth-order valence-corrected chi connectivity index (χ4v) is 3.10. The molecule has 0 fully saturated rings. The van der Waals surface area contributed by atoms with Crippen LogP contribution in [-0.4, -0.2) is 9.97 Å². The molecule has 134 valence electrons. The molecule has 3 aromatic rings. The van der Waals surface area contributed by atoms with Crippen molar-refractivity contribution >= 4 is 11.8 Å². The first kappa shape index (κ1) is 18.3. The average Bonchev–Trinajstić information content (AvgIpc) is 2.62. The lowest BCUT2D eigenvalue weighted by Crippen LogP contribution is -2.10. The van der Waals surface area contributed by atoms with Crippen molar-refractivity contribution < 1.29 is 17.9 Å². The third-order valence-corrected chi connectivity index (χ3v) is 4.62. The summed E-state index contributed by atoms with van der Waals surface area (Å²) >= 11 is 1.09. The summed E-state index contributed by atoms with van der Waals surface area (Å²) in [5.74, 6) is -0.183. The van der Waals surface area contributed by atoms with Crippen LogP contribution in [0.3, 0.4) is 0 Å². The Labute approximate surface area is 153 Å². The number of ether oxygens (including phenoxy) is 1. The lowest BCUT2D eigenvalue weighted by Gasteiger charge is -2.17. The third kappa shape index (κ3) is 4.54. The topological polar surface area (TPSA) is 35.0 Å². The summed E-state index contributed by atoms with van der Waals surface area (Å²) in [6.07, 6.45) is -1.42. The molecule has 3 nitrogen and oxygen atoms in total. The maximum atomic E-state index is 13.5. The van der Waals surface area contributed by atoms with Crippen LogP contribution in [0.5, 0.6) is 5.75 Å². The molecule has 1 aromatic heterocycles. The summed E-state index contributed by atoms with van der Waals surface area (Å²) in [5, 5.41) is 0.390. The highest BCUT2D eigenvalue weighted by Gasteiger charge is 2.35. The molecule has 0 aliphatic carbocycles. The minimum absolute atomic E-state index is 0.0671. The summed E-state index contributed by atoms with van der Waals surface area (Å²) in [6.45, 7) is 1.80. The lowest BCUT2D eigenvalue weighted by atomic mass is 10.1. The lowest BCUT2D eigenvalue weighted by molar-refractivity contribution is -0.139. The van der Waals surface area contributed by atoms with Gasteiger partial charge in [-0.1, -0.05) is 30.3 Å². The van der Waals surface area contributed by atoms with Crippen molar-refractivity contribution in [2.45, 2.75) is 29.8 Å². The fraction of sp³-hybridized carbons (Fsp3) is 0.158. The summed E-state index contributed by atoms with van der Waals surface area (Å²) < 4.78 is 46.0. The molecule has 2 aromatic carbocycles. The van der Waals surface area contributed by atoms with Gasteiger partial charge >= 0.3 is 6.18 Å². The first-order valence-electron chi connectivity index (χ1n) is 7.77. The summed E-state index contributed by atoms with van der Waals surface area (Å²) in [5.41, 5.74) is 0.658. The van der Waals surface area contributed by atoms with E-state index in [1.165, 1.54) is 6.07 Å². The first-order valence-corrected chi connectivity index (χ1v) is 8.58. The number of aryl methyl sites for hydroxylation is 1. The maximum Gasteiger partial charge on any atom is 0.420 e. The molecule has 0 unspecified atom stereocenters. The molecule has 0 N–H and O–H groups in total. The number of hydrogen-bond donors (Lipinski definition) is 0. The Morgan fingerprint density at radius 2 is 1.69 bits per heavy atom. The predicted octanol–water partition coefficient (Wildman–Crippen LogP) is 5.53. The maximum absolute atomic E-state index is 13.5. The Balaban J connectivity index is 1.90. The van der Waals surface area contributed by atoms with Crippen molar-refractivity contribution in [1.29, 1.82) is 0 Å². The van der Waals surface area contributed by atoms with Crippen molar-refractivity contribution in [1.82, 2.24) is 9.97 Å². The molecule has 3 rings (SSSR count). The molecule has 0 saturated heterocycles. The van der Waals surface area contributed by atoms with Crippen LogP contribution in [0, 0.1) is 6.92 Å². The predicted molar refractivity (Wildman–Crippen MR) is 93.1 cm³/mol. The number of rotatable bonds is 5. The summed E-state index contributed by atoms with van der Waals surface area (Å²) in [7, 11) is 0. The summed E-state index contributed by atoms with van der Waals surface area (Å²) in [6, 6.07) is 13.2. The second-order valence-electron chi connectivity index (χ2n) is 5.52. The minimum Gasteiger partial charge on any atom is -0.488 e. The van der Waals surface area contributed by atoms with Gasteiger partial charge in [-0.2, -0.15) is 13.2 Å². The Morgan fingerprint density at radius 1 is 1.00 bits per heavy atom. The molecule has 0 amide bonds. The Bertz CT molecular complexity index is 871. The zero-order chi connectivity index (χ0) is 18.6. The van der Waals surface area contributed by atoms with E-state index in [0.717, 1.165) is 23.4 Å². The van der Waals surface area contributed by atoms with Crippen LogP contribution in [0.15, 0.2) is 71.0 Å². The average molecular weight is 376 g/mol. The van der Waals surface area contributed by atoms with Gasteiger partial charge in [-0.05, 0) is 48.0 Å². The van der Waals surface area contributed by atoms with Crippen molar-refractivity contribution in [3.05, 3.63) is 77.6 Å². The van der Waals surface area contributed by atoms with Crippen LogP contribution in [0.4, 0.5) is 13.2 Å². The second-order valence-corrected chi connectivity index (χ2v) is 6.53. The van der Waals surface area contributed by atoms with Crippen LogP contribution >= 0.6 is 11.8 Å². The van der Waals surface area contributed by atoms with E-state index in [0.29, 0.717) is 15.6 Å². The Hall–Kier alpha value is -2.54. The smallest absolute Gasteiger partial charge is 0.420 e. The van der Waals surface area contributed by atoms with Crippen molar-refractivity contribution in [3.63, 3.8) is 0 Å². The third-order valence-electron chi connectivity index (χ3n) is 3.56. The molecule has 7 heteroatoms. The van der Waals surface area contributed by atoms with E-state index in [9.17, 15) is 13.2 Å². The minimum atomic E-state index is -4.52. The number of nitrogens with zero attached hydrogens (tertiary/aromatic N) is 2. The van der Waals surface area contributed by atoms with Gasteiger partial charge in [0.05, 0.1) is 5.56 Å². The van der Waals surface area contributed by atoms with Gasteiger partial charge in [0.1, 0.15) is 12.4 Å².